The van der Waals surface area contributed by atoms with Crippen LogP contribution < -0.4 is 0 Å². The first-order chi connectivity index (χ1) is 14.6. The van der Waals surface area contributed by atoms with Gasteiger partial charge in [-0.05, 0) is 58.6 Å². The fraction of sp³-hybridized carbons (Fsp3) is 0.0833. The molecule has 0 aliphatic carbocycles. The molecule has 0 aliphatic heterocycles. The van der Waals surface area contributed by atoms with E-state index in [4.69, 9.17) is 0 Å². The van der Waals surface area contributed by atoms with Crippen molar-refractivity contribution in [3.05, 3.63) is 83.1 Å². The molecule has 5 rings (SSSR count). The summed E-state index contributed by atoms with van der Waals surface area (Å²) in [7, 11) is 0. The standard InChI is InChI=1S/C24H16N5S.Ir/c1-15-10-18(17-6-4-3-5-7-17)11-16(2)22(15)29-13-19(12-25)27-24(29)20-8-9-21-23(28-20)26-14-30-21;/h3-7,9-11,13-14H,1-2H3;/q-1;. The zero-order chi connectivity index (χ0) is 20.7. The van der Waals surface area contributed by atoms with Crippen molar-refractivity contribution in [2.75, 3.05) is 0 Å². The molecule has 0 saturated carbocycles. The van der Waals surface area contributed by atoms with Gasteiger partial charge in [0.15, 0.2) is 0 Å². The molecule has 0 fully saturated rings. The Morgan fingerprint density at radius 1 is 1.03 bits per heavy atom. The van der Waals surface area contributed by atoms with Gasteiger partial charge in [-0.1, -0.05) is 30.3 Å². The summed E-state index contributed by atoms with van der Waals surface area (Å²) in [5.74, 6) is 0.583. The van der Waals surface area contributed by atoms with E-state index >= 15 is 0 Å². The molecule has 0 atom stereocenters. The van der Waals surface area contributed by atoms with E-state index in [0.717, 1.165) is 27.1 Å². The number of imidazole rings is 1. The molecule has 0 bridgehead atoms. The largest absolute Gasteiger partial charge is 0.350 e. The van der Waals surface area contributed by atoms with E-state index in [9.17, 15) is 5.26 Å². The molecular formula is C24H16IrN5S-. The van der Waals surface area contributed by atoms with E-state index in [1.54, 1.807) is 11.7 Å². The maximum Gasteiger partial charge on any atom is 0.145 e. The van der Waals surface area contributed by atoms with Gasteiger partial charge in [0.2, 0.25) is 0 Å². The number of aromatic nitrogens is 4. The third-order valence-corrected chi connectivity index (χ3v) is 5.77. The fourth-order valence-electron chi connectivity index (χ4n) is 3.72. The number of rotatable bonds is 3. The van der Waals surface area contributed by atoms with Gasteiger partial charge >= 0.3 is 0 Å². The molecule has 0 spiro atoms. The smallest absolute Gasteiger partial charge is 0.145 e. The zero-order valence-corrected chi connectivity index (χ0v) is 20.0. The first-order valence-electron chi connectivity index (χ1n) is 9.43. The van der Waals surface area contributed by atoms with E-state index in [0.29, 0.717) is 22.9 Å². The van der Waals surface area contributed by atoms with Crippen molar-refractivity contribution in [3.63, 3.8) is 0 Å². The van der Waals surface area contributed by atoms with E-state index in [-0.39, 0.29) is 20.1 Å². The second-order valence-corrected chi connectivity index (χ2v) is 7.93. The molecule has 0 unspecified atom stereocenters. The van der Waals surface area contributed by atoms with Crippen molar-refractivity contribution in [1.29, 1.82) is 5.26 Å². The molecule has 0 aliphatic rings. The maximum absolute atomic E-state index is 9.47. The van der Waals surface area contributed by atoms with Crippen LogP contribution in [0.25, 0.3) is 38.7 Å². The monoisotopic (exact) mass is 599 g/mol. The van der Waals surface area contributed by atoms with E-state index in [1.807, 2.05) is 28.8 Å². The molecule has 5 aromatic rings. The Bertz CT molecular complexity index is 1410. The Hall–Kier alpha value is -3.17. The minimum absolute atomic E-state index is 0. The van der Waals surface area contributed by atoms with Crippen molar-refractivity contribution < 1.29 is 20.1 Å². The fourth-order valence-corrected chi connectivity index (χ4v) is 4.32. The van der Waals surface area contributed by atoms with Crippen LogP contribution in [0.1, 0.15) is 16.8 Å². The number of aryl methyl sites for hydroxylation is 2. The summed E-state index contributed by atoms with van der Waals surface area (Å²) in [6.07, 6.45) is 1.76. The van der Waals surface area contributed by atoms with Crippen LogP contribution in [0.15, 0.2) is 60.2 Å². The number of hydrogen-bond donors (Lipinski definition) is 0. The number of nitrogens with zero attached hydrogens (tertiary/aromatic N) is 5. The first-order valence-corrected chi connectivity index (χ1v) is 10.3. The Morgan fingerprint density at radius 2 is 1.77 bits per heavy atom. The molecule has 2 aromatic carbocycles. The molecule has 7 heteroatoms. The summed E-state index contributed by atoms with van der Waals surface area (Å²) in [5, 5.41) is 9.47. The van der Waals surface area contributed by atoms with Crippen LogP contribution in [-0.2, 0) is 20.1 Å². The summed E-state index contributed by atoms with van der Waals surface area (Å²) >= 11 is 1.52. The Morgan fingerprint density at radius 3 is 2.48 bits per heavy atom. The van der Waals surface area contributed by atoms with Crippen LogP contribution in [0.2, 0.25) is 0 Å². The van der Waals surface area contributed by atoms with Gasteiger partial charge in [-0.2, -0.15) is 28.7 Å². The molecule has 3 heterocycles. The van der Waals surface area contributed by atoms with Gasteiger partial charge < -0.3 is 4.57 Å². The summed E-state index contributed by atoms with van der Waals surface area (Å²) in [6.45, 7) is 4.15. The SMILES string of the molecule is Cc1cc(-c2ccccc2)cc(C)c1-n1cc(C#N)nc1-c1[c-]cc2scnc2n1.[Ir]. The quantitative estimate of drug-likeness (QED) is 0.258. The summed E-state index contributed by atoms with van der Waals surface area (Å²) in [6, 6.07) is 21.8. The van der Waals surface area contributed by atoms with Crippen molar-refractivity contribution >= 4 is 21.7 Å². The van der Waals surface area contributed by atoms with Crippen LogP contribution in [0.4, 0.5) is 0 Å². The van der Waals surface area contributed by atoms with Crippen LogP contribution in [-0.4, -0.2) is 19.5 Å². The van der Waals surface area contributed by atoms with E-state index in [1.165, 1.54) is 16.9 Å². The normalized spacial score (nSPS) is 10.6. The second kappa shape index (κ2) is 8.52. The average molecular weight is 599 g/mol. The van der Waals surface area contributed by atoms with Gasteiger partial charge in [0.25, 0.3) is 0 Å². The minimum Gasteiger partial charge on any atom is -0.350 e. The third kappa shape index (κ3) is 3.82. The van der Waals surface area contributed by atoms with Gasteiger partial charge in [-0.25, -0.2) is 4.98 Å². The second-order valence-electron chi connectivity index (χ2n) is 7.05. The topological polar surface area (TPSA) is 67.4 Å². The number of thiazole rings is 1. The van der Waals surface area contributed by atoms with Crippen molar-refractivity contribution in [3.8, 4) is 34.4 Å². The van der Waals surface area contributed by atoms with Gasteiger partial charge in [-0.3, -0.25) is 9.97 Å². The summed E-state index contributed by atoms with van der Waals surface area (Å²) in [5.41, 5.74) is 8.83. The van der Waals surface area contributed by atoms with Crippen molar-refractivity contribution in [2.24, 2.45) is 0 Å². The van der Waals surface area contributed by atoms with Crippen molar-refractivity contribution in [2.45, 2.75) is 13.8 Å². The van der Waals surface area contributed by atoms with Gasteiger partial charge in [-0.15, -0.1) is 0 Å². The summed E-state index contributed by atoms with van der Waals surface area (Å²) < 4.78 is 2.91. The predicted molar refractivity (Wildman–Crippen MR) is 118 cm³/mol. The van der Waals surface area contributed by atoms with Gasteiger partial charge in [0.1, 0.15) is 17.4 Å². The Kier molecular flexibility index (Phi) is 5.79. The van der Waals surface area contributed by atoms with E-state index < -0.39 is 0 Å². The van der Waals surface area contributed by atoms with Crippen LogP contribution in [0.5, 0.6) is 0 Å². The number of benzene rings is 2. The molecule has 153 valence electrons. The number of hydrogen-bond acceptors (Lipinski definition) is 5. The van der Waals surface area contributed by atoms with E-state index in [2.05, 4.69) is 65.2 Å². The van der Waals surface area contributed by atoms with Crippen LogP contribution in [0, 0.1) is 31.2 Å². The Labute approximate surface area is 197 Å². The summed E-state index contributed by atoms with van der Waals surface area (Å²) in [4.78, 5) is 13.4. The molecule has 1 radical (unpaired) electrons. The number of nitriles is 1. The van der Waals surface area contributed by atoms with Gasteiger partial charge in [0, 0.05) is 32.0 Å². The van der Waals surface area contributed by atoms with Crippen molar-refractivity contribution in [1.82, 2.24) is 19.5 Å². The average Bonchev–Trinajstić information content (AvgIpc) is 3.40. The predicted octanol–water partition coefficient (Wildman–Crippen LogP) is 5.50. The molecule has 31 heavy (non-hydrogen) atoms. The Balaban J connectivity index is 0.00000231. The zero-order valence-electron chi connectivity index (χ0n) is 16.8. The van der Waals surface area contributed by atoms with Crippen LogP contribution >= 0.6 is 11.3 Å². The molecule has 0 saturated heterocycles. The molecule has 0 N–H and O–H groups in total. The van der Waals surface area contributed by atoms with Crippen LogP contribution in [0.3, 0.4) is 0 Å². The van der Waals surface area contributed by atoms with Gasteiger partial charge in [0.05, 0.1) is 11.3 Å². The third-order valence-electron chi connectivity index (χ3n) is 5.00. The maximum atomic E-state index is 9.47. The minimum atomic E-state index is 0. The first kappa shape index (κ1) is 21.1. The molecule has 0 amide bonds. The molecular weight excluding hydrogens is 583 g/mol. The number of pyridine rings is 1. The molecule has 3 aromatic heterocycles. The molecule has 5 nitrogen and oxygen atoms in total. The number of fused-ring (bicyclic) bond motifs is 1.